The van der Waals surface area contributed by atoms with Crippen molar-refractivity contribution in [2.75, 3.05) is 44.2 Å². The highest BCUT2D eigenvalue weighted by atomic mass is 16.5. The molecule has 2 saturated heterocycles. The van der Waals surface area contributed by atoms with Crippen LogP contribution >= 0.6 is 0 Å². The van der Waals surface area contributed by atoms with E-state index in [0.717, 1.165) is 26.1 Å². The van der Waals surface area contributed by atoms with Crippen LogP contribution in [0.5, 0.6) is 0 Å². The summed E-state index contributed by atoms with van der Waals surface area (Å²) >= 11 is 0. The van der Waals surface area contributed by atoms with E-state index in [9.17, 15) is 5.11 Å². The van der Waals surface area contributed by atoms with Gasteiger partial charge in [-0.25, -0.2) is 0 Å². The Hall–Kier alpha value is -1.18. The van der Waals surface area contributed by atoms with E-state index in [1.165, 1.54) is 25.9 Å². The zero-order chi connectivity index (χ0) is 18.7. The van der Waals surface area contributed by atoms with E-state index in [0.29, 0.717) is 30.0 Å². The predicted octanol–water partition coefficient (Wildman–Crippen LogP) is 1.94. The number of hydrogen-bond donors (Lipinski definition) is 1. The summed E-state index contributed by atoms with van der Waals surface area (Å²) in [5.74, 6) is 1.64. The Morgan fingerprint density at radius 3 is 2.42 bits per heavy atom. The minimum Gasteiger partial charge on any atom is -0.396 e. The van der Waals surface area contributed by atoms with Crippen LogP contribution in [0.15, 0.2) is 4.52 Å². The van der Waals surface area contributed by atoms with Crippen molar-refractivity contribution in [2.45, 2.75) is 71.0 Å². The molecule has 0 spiro atoms. The number of likely N-dealkylation sites (tertiary alicyclic amines) is 1. The lowest BCUT2D eigenvalue weighted by Gasteiger charge is -2.47. The Bertz CT molecular complexity index is 554. The number of piperazine rings is 1. The average Bonchev–Trinajstić information content (AvgIpc) is 3.12. The van der Waals surface area contributed by atoms with Gasteiger partial charge in [-0.15, -0.1) is 0 Å². The molecule has 0 aromatic carbocycles. The second-order valence-electron chi connectivity index (χ2n) is 8.30. The lowest BCUT2D eigenvalue weighted by Crippen LogP contribution is -2.59. The average molecular weight is 366 g/mol. The molecule has 2 aliphatic rings. The maximum Gasteiger partial charge on any atom is 0.266 e. The van der Waals surface area contributed by atoms with E-state index >= 15 is 0 Å². The summed E-state index contributed by atoms with van der Waals surface area (Å²) in [5.41, 5.74) is 0. The fourth-order valence-corrected chi connectivity index (χ4v) is 4.26. The molecule has 7 nitrogen and oxygen atoms in total. The number of piperidine rings is 1. The molecule has 1 atom stereocenters. The van der Waals surface area contributed by atoms with Crippen LogP contribution in [-0.4, -0.2) is 82.5 Å². The molecule has 0 unspecified atom stereocenters. The standard InChI is InChI=1S/C19H35N5O2/c1-14(2)18-20-19(21-26-18)23-10-11-24(17(13-23)7-12-25)16-5-8-22(9-6-16)15(3)4/h14-17,25H,5-13H2,1-4H3/t17-/m1/s1. The number of nitrogens with zero attached hydrogens (tertiary/aromatic N) is 5. The lowest BCUT2D eigenvalue weighted by molar-refractivity contribution is 0.0460. The van der Waals surface area contributed by atoms with Gasteiger partial charge in [0.15, 0.2) is 0 Å². The first-order chi connectivity index (χ1) is 12.5. The molecule has 148 valence electrons. The molecule has 2 fully saturated rings. The van der Waals surface area contributed by atoms with Crippen molar-refractivity contribution in [3.05, 3.63) is 5.89 Å². The fourth-order valence-electron chi connectivity index (χ4n) is 4.26. The van der Waals surface area contributed by atoms with Gasteiger partial charge in [-0.3, -0.25) is 4.90 Å². The van der Waals surface area contributed by atoms with E-state index in [2.05, 4.69) is 52.5 Å². The Morgan fingerprint density at radius 1 is 1.12 bits per heavy atom. The Labute approximate surface area is 157 Å². The minimum atomic E-state index is 0.226. The van der Waals surface area contributed by atoms with Gasteiger partial charge in [0.05, 0.1) is 0 Å². The minimum absolute atomic E-state index is 0.226. The molecular weight excluding hydrogens is 330 g/mol. The van der Waals surface area contributed by atoms with Gasteiger partial charge in [-0.05, 0) is 51.4 Å². The number of aliphatic hydroxyl groups excluding tert-OH is 1. The van der Waals surface area contributed by atoms with Gasteiger partial charge in [-0.2, -0.15) is 4.98 Å². The van der Waals surface area contributed by atoms with Crippen molar-refractivity contribution >= 4 is 5.95 Å². The molecule has 1 aromatic heterocycles. The maximum absolute atomic E-state index is 9.58. The molecule has 0 amide bonds. The molecule has 0 saturated carbocycles. The molecule has 1 N–H and O–H groups in total. The largest absolute Gasteiger partial charge is 0.396 e. The third kappa shape index (κ3) is 4.38. The molecule has 26 heavy (non-hydrogen) atoms. The van der Waals surface area contributed by atoms with Gasteiger partial charge < -0.3 is 19.4 Å². The highest BCUT2D eigenvalue weighted by Gasteiger charge is 2.35. The van der Waals surface area contributed by atoms with Crippen LogP contribution < -0.4 is 4.90 Å². The van der Waals surface area contributed by atoms with Crippen molar-refractivity contribution in [1.82, 2.24) is 19.9 Å². The van der Waals surface area contributed by atoms with E-state index in [1.807, 2.05) is 0 Å². The first-order valence-corrected chi connectivity index (χ1v) is 10.2. The number of aliphatic hydroxyl groups is 1. The third-order valence-corrected chi connectivity index (χ3v) is 5.90. The van der Waals surface area contributed by atoms with Crippen LogP contribution in [0, 0.1) is 0 Å². The maximum atomic E-state index is 9.58. The molecule has 7 heteroatoms. The van der Waals surface area contributed by atoms with Crippen molar-refractivity contribution in [3.63, 3.8) is 0 Å². The van der Waals surface area contributed by atoms with Gasteiger partial charge in [0.2, 0.25) is 5.89 Å². The van der Waals surface area contributed by atoms with E-state index < -0.39 is 0 Å². The van der Waals surface area contributed by atoms with Crippen molar-refractivity contribution < 1.29 is 9.63 Å². The van der Waals surface area contributed by atoms with Gasteiger partial charge in [0.25, 0.3) is 5.95 Å². The Balaban J connectivity index is 1.62. The summed E-state index contributed by atoms with van der Waals surface area (Å²) in [6, 6.07) is 1.61. The second-order valence-corrected chi connectivity index (χ2v) is 8.30. The lowest BCUT2D eigenvalue weighted by atomic mass is 9.97. The van der Waals surface area contributed by atoms with E-state index in [-0.39, 0.29) is 12.5 Å². The first-order valence-electron chi connectivity index (χ1n) is 10.2. The van der Waals surface area contributed by atoms with Gasteiger partial charge >= 0.3 is 0 Å². The van der Waals surface area contributed by atoms with Crippen LogP contribution in [0.1, 0.15) is 58.8 Å². The summed E-state index contributed by atoms with van der Waals surface area (Å²) in [4.78, 5) is 12.0. The van der Waals surface area contributed by atoms with E-state index in [1.54, 1.807) is 0 Å². The quantitative estimate of drug-likeness (QED) is 0.826. The van der Waals surface area contributed by atoms with Crippen LogP contribution in [0.25, 0.3) is 0 Å². The Morgan fingerprint density at radius 2 is 1.85 bits per heavy atom. The summed E-state index contributed by atoms with van der Waals surface area (Å²) in [6.45, 7) is 14.1. The topological polar surface area (TPSA) is 68.9 Å². The van der Waals surface area contributed by atoms with E-state index in [4.69, 9.17) is 4.52 Å². The van der Waals surface area contributed by atoms with Crippen molar-refractivity contribution in [2.24, 2.45) is 0 Å². The Kier molecular flexibility index (Phi) is 6.53. The summed E-state index contributed by atoms with van der Waals surface area (Å²) < 4.78 is 5.38. The van der Waals surface area contributed by atoms with Crippen LogP contribution in [0.2, 0.25) is 0 Å². The van der Waals surface area contributed by atoms with Crippen molar-refractivity contribution in [1.29, 1.82) is 0 Å². The number of hydrogen-bond acceptors (Lipinski definition) is 7. The van der Waals surface area contributed by atoms with Crippen molar-refractivity contribution in [3.8, 4) is 0 Å². The number of anilines is 1. The molecular formula is C19H35N5O2. The summed E-state index contributed by atoms with van der Waals surface area (Å²) in [7, 11) is 0. The molecule has 1 aromatic rings. The summed E-state index contributed by atoms with van der Waals surface area (Å²) in [5, 5.41) is 13.8. The van der Waals surface area contributed by atoms with Gasteiger partial charge in [0, 0.05) is 50.3 Å². The second kappa shape index (κ2) is 8.67. The molecule has 0 bridgehead atoms. The third-order valence-electron chi connectivity index (χ3n) is 5.90. The zero-order valence-electron chi connectivity index (χ0n) is 16.8. The number of aromatic nitrogens is 2. The molecule has 2 aliphatic heterocycles. The van der Waals surface area contributed by atoms with Crippen LogP contribution in [0.4, 0.5) is 5.95 Å². The highest BCUT2D eigenvalue weighted by molar-refractivity contribution is 5.30. The highest BCUT2D eigenvalue weighted by Crippen LogP contribution is 2.26. The van der Waals surface area contributed by atoms with Crippen LogP contribution in [-0.2, 0) is 0 Å². The SMILES string of the molecule is CC(C)c1nc(N2CCN(C3CCN(C(C)C)CC3)[C@H](CCO)C2)no1. The molecule has 0 radical (unpaired) electrons. The van der Waals surface area contributed by atoms with Crippen LogP contribution in [0.3, 0.4) is 0 Å². The molecule has 3 rings (SSSR count). The predicted molar refractivity (Wildman–Crippen MR) is 103 cm³/mol. The molecule has 0 aliphatic carbocycles. The van der Waals surface area contributed by atoms with Gasteiger partial charge in [0.1, 0.15) is 0 Å². The summed E-state index contributed by atoms with van der Waals surface area (Å²) in [6.07, 6.45) is 3.25. The first kappa shape index (κ1) is 19.6. The number of rotatable bonds is 6. The van der Waals surface area contributed by atoms with Gasteiger partial charge in [-0.1, -0.05) is 13.8 Å². The normalized spacial score (nSPS) is 24.1. The molecule has 3 heterocycles. The monoisotopic (exact) mass is 365 g/mol. The smallest absolute Gasteiger partial charge is 0.266 e. The fraction of sp³-hybridized carbons (Fsp3) is 0.895. The zero-order valence-corrected chi connectivity index (χ0v) is 16.8.